The van der Waals surface area contributed by atoms with Crippen molar-refractivity contribution in [1.29, 1.82) is 0 Å². The molecule has 1 N–H and O–H groups in total. The molecule has 0 aromatic carbocycles. The normalized spacial score (nSPS) is 30.6. The van der Waals surface area contributed by atoms with E-state index in [1.54, 1.807) is 11.3 Å². The molecule has 1 fully saturated rings. The lowest BCUT2D eigenvalue weighted by Crippen LogP contribution is -2.56. The number of thiophene rings is 1. The zero-order valence-electron chi connectivity index (χ0n) is 11.7. The number of aliphatic hydroxyl groups is 1. The van der Waals surface area contributed by atoms with Crippen molar-refractivity contribution in [1.82, 2.24) is 4.90 Å². The van der Waals surface area contributed by atoms with Crippen LogP contribution in [0.3, 0.4) is 0 Å². The topological polar surface area (TPSA) is 23.5 Å². The molecule has 1 aliphatic rings. The average Bonchev–Trinajstić information content (AvgIpc) is 2.82. The Kier molecular flexibility index (Phi) is 4.46. The second-order valence-electron chi connectivity index (χ2n) is 5.98. The molecule has 0 saturated heterocycles. The molecule has 1 aliphatic carbocycles. The third-order valence-corrected chi connectivity index (χ3v) is 5.52. The van der Waals surface area contributed by atoms with Gasteiger partial charge in [0.15, 0.2) is 0 Å². The van der Waals surface area contributed by atoms with Crippen LogP contribution in [0.25, 0.3) is 0 Å². The van der Waals surface area contributed by atoms with E-state index in [-0.39, 0.29) is 11.6 Å². The Morgan fingerprint density at radius 1 is 1.44 bits per heavy atom. The number of hydrogen-bond acceptors (Lipinski definition) is 3. The van der Waals surface area contributed by atoms with E-state index in [1.807, 2.05) is 0 Å². The molecule has 2 rings (SSSR count). The molecule has 0 bridgehead atoms. The Balaban J connectivity index is 2.09. The van der Waals surface area contributed by atoms with Crippen molar-refractivity contribution in [3.63, 3.8) is 0 Å². The van der Waals surface area contributed by atoms with Gasteiger partial charge in [0.2, 0.25) is 0 Å². The predicted octanol–water partition coefficient (Wildman–Crippen LogP) is 3.16. The fourth-order valence-corrected chi connectivity index (χ4v) is 3.89. The van der Waals surface area contributed by atoms with Crippen molar-refractivity contribution in [2.24, 2.45) is 5.92 Å². The summed E-state index contributed by atoms with van der Waals surface area (Å²) in [6.45, 7) is 2.32. The molecule has 0 spiro atoms. The molecule has 3 heteroatoms. The minimum atomic E-state index is -0.251. The lowest BCUT2D eigenvalue weighted by molar-refractivity contribution is -0.0378. The molecule has 1 atom stereocenters. The molecular formula is C15H25NOS. The summed E-state index contributed by atoms with van der Waals surface area (Å²) in [6, 6.07) is 4.20. The van der Waals surface area contributed by atoms with E-state index in [0.717, 1.165) is 25.2 Å². The van der Waals surface area contributed by atoms with Crippen LogP contribution >= 0.6 is 11.3 Å². The summed E-state index contributed by atoms with van der Waals surface area (Å²) in [5, 5.41) is 12.8. The number of rotatable bonds is 4. The van der Waals surface area contributed by atoms with Crippen molar-refractivity contribution in [3.8, 4) is 0 Å². The molecule has 0 aliphatic heterocycles. The SMILES string of the molecule is CC1CCC(C(O)Cc2cccs2)(N(C)C)CC1. The molecule has 18 heavy (non-hydrogen) atoms. The maximum Gasteiger partial charge on any atom is 0.0771 e. The molecule has 1 unspecified atom stereocenters. The minimum absolute atomic E-state index is 0.0174. The van der Waals surface area contributed by atoms with Crippen LogP contribution in [0.2, 0.25) is 0 Å². The Bertz CT molecular complexity index is 353. The number of aliphatic hydroxyl groups excluding tert-OH is 1. The third-order valence-electron chi connectivity index (χ3n) is 4.63. The molecule has 1 heterocycles. The summed E-state index contributed by atoms with van der Waals surface area (Å²) >= 11 is 1.75. The fourth-order valence-electron chi connectivity index (χ4n) is 3.15. The van der Waals surface area contributed by atoms with Crippen molar-refractivity contribution < 1.29 is 5.11 Å². The summed E-state index contributed by atoms with van der Waals surface area (Å²) in [6.07, 6.45) is 5.25. The molecule has 0 amide bonds. The smallest absolute Gasteiger partial charge is 0.0771 e. The van der Waals surface area contributed by atoms with Crippen LogP contribution in [0.4, 0.5) is 0 Å². The van der Waals surface area contributed by atoms with Gasteiger partial charge in [-0.2, -0.15) is 0 Å². The first-order valence-electron chi connectivity index (χ1n) is 6.92. The highest BCUT2D eigenvalue weighted by atomic mass is 32.1. The van der Waals surface area contributed by atoms with Gasteiger partial charge in [-0.3, -0.25) is 0 Å². The van der Waals surface area contributed by atoms with Gasteiger partial charge in [0.25, 0.3) is 0 Å². The average molecular weight is 267 g/mol. The Morgan fingerprint density at radius 3 is 2.61 bits per heavy atom. The van der Waals surface area contributed by atoms with Crippen molar-refractivity contribution in [2.45, 2.75) is 50.7 Å². The maximum absolute atomic E-state index is 10.7. The van der Waals surface area contributed by atoms with Crippen LogP contribution in [-0.2, 0) is 6.42 Å². The minimum Gasteiger partial charge on any atom is -0.391 e. The Hall–Kier alpha value is -0.380. The highest BCUT2D eigenvalue weighted by Gasteiger charge is 2.42. The van der Waals surface area contributed by atoms with E-state index in [1.165, 1.54) is 17.7 Å². The van der Waals surface area contributed by atoms with Crippen molar-refractivity contribution in [2.75, 3.05) is 14.1 Å². The van der Waals surface area contributed by atoms with E-state index in [9.17, 15) is 5.11 Å². The third kappa shape index (κ3) is 2.79. The van der Waals surface area contributed by atoms with Crippen LogP contribution in [0, 0.1) is 5.92 Å². The zero-order chi connectivity index (χ0) is 13.2. The van der Waals surface area contributed by atoms with Crippen LogP contribution in [-0.4, -0.2) is 35.7 Å². The number of likely N-dealkylation sites (N-methyl/N-ethyl adjacent to an activating group) is 1. The standard InChI is InChI=1S/C15H25NOS/c1-12-6-8-15(9-7-12,16(2)3)14(17)11-13-5-4-10-18-13/h4-5,10,12,14,17H,6-9,11H2,1-3H3. The second kappa shape index (κ2) is 5.72. The lowest BCUT2D eigenvalue weighted by atomic mass is 9.72. The van der Waals surface area contributed by atoms with Gasteiger partial charge < -0.3 is 10.0 Å². The molecule has 0 radical (unpaired) electrons. The first-order valence-corrected chi connectivity index (χ1v) is 7.80. The van der Waals surface area contributed by atoms with E-state index in [0.29, 0.717) is 0 Å². The summed E-state index contributed by atoms with van der Waals surface area (Å²) in [5.41, 5.74) is -0.0174. The number of nitrogens with zero attached hydrogens (tertiary/aromatic N) is 1. The molecule has 1 aromatic heterocycles. The zero-order valence-corrected chi connectivity index (χ0v) is 12.5. The first-order chi connectivity index (χ1) is 8.54. The Morgan fingerprint density at radius 2 is 2.11 bits per heavy atom. The number of hydrogen-bond donors (Lipinski definition) is 1. The van der Waals surface area contributed by atoms with Gasteiger partial charge in [-0.15, -0.1) is 11.3 Å². The van der Waals surface area contributed by atoms with Crippen molar-refractivity contribution >= 4 is 11.3 Å². The van der Waals surface area contributed by atoms with Crippen molar-refractivity contribution in [3.05, 3.63) is 22.4 Å². The van der Waals surface area contributed by atoms with Gasteiger partial charge in [0, 0.05) is 16.8 Å². The molecule has 2 nitrogen and oxygen atoms in total. The van der Waals surface area contributed by atoms with Gasteiger partial charge in [-0.1, -0.05) is 13.0 Å². The van der Waals surface area contributed by atoms with Gasteiger partial charge in [0.1, 0.15) is 0 Å². The van der Waals surface area contributed by atoms with E-state index in [4.69, 9.17) is 0 Å². The summed E-state index contributed by atoms with van der Waals surface area (Å²) in [4.78, 5) is 3.55. The largest absolute Gasteiger partial charge is 0.391 e. The Labute approximate surface area is 115 Å². The highest BCUT2D eigenvalue weighted by molar-refractivity contribution is 7.09. The van der Waals surface area contributed by atoms with E-state index >= 15 is 0 Å². The monoisotopic (exact) mass is 267 g/mol. The van der Waals surface area contributed by atoms with E-state index < -0.39 is 0 Å². The first kappa shape index (κ1) is 14.0. The summed E-state index contributed by atoms with van der Waals surface area (Å²) in [7, 11) is 4.24. The highest BCUT2D eigenvalue weighted by Crippen LogP contribution is 2.38. The van der Waals surface area contributed by atoms with Crippen LogP contribution in [0.5, 0.6) is 0 Å². The quantitative estimate of drug-likeness (QED) is 0.906. The molecule has 1 saturated carbocycles. The predicted molar refractivity (Wildman–Crippen MR) is 78.1 cm³/mol. The molecular weight excluding hydrogens is 242 g/mol. The second-order valence-corrected chi connectivity index (χ2v) is 7.01. The maximum atomic E-state index is 10.7. The molecule has 102 valence electrons. The van der Waals surface area contributed by atoms with Gasteiger partial charge >= 0.3 is 0 Å². The van der Waals surface area contributed by atoms with Crippen LogP contribution in [0.1, 0.15) is 37.5 Å². The fraction of sp³-hybridized carbons (Fsp3) is 0.733. The van der Waals surface area contributed by atoms with Gasteiger partial charge in [-0.05, 0) is 57.1 Å². The van der Waals surface area contributed by atoms with E-state index in [2.05, 4.69) is 43.4 Å². The molecule has 1 aromatic rings. The van der Waals surface area contributed by atoms with Gasteiger partial charge in [0.05, 0.1) is 6.10 Å². The summed E-state index contributed by atoms with van der Waals surface area (Å²) < 4.78 is 0. The lowest BCUT2D eigenvalue weighted by Gasteiger charge is -2.47. The van der Waals surface area contributed by atoms with Crippen LogP contribution < -0.4 is 0 Å². The van der Waals surface area contributed by atoms with Gasteiger partial charge in [-0.25, -0.2) is 0 Å². The summed E-state index contributed by atoms with van der Waals surface area (Å²) in [5.74, 6) is 0.812. The van der Waals surface area contributed by atoms with Crippen LogP contribution in [0.15, 0.2) is 17.5 Å².